The molecule has 0 radical (unpaired) electrons. The number of nitrogens with one attached hydrogen (secondary N) is 2. The highest BCUT2D eigenvalue weighted by atomic mass is 16.5. The molecule has 1 atom stereocenters. The van der Waals surface area contributed by atoms with Crippen LogP contribution in [0.3, 0.4) is 0 Å². The van der Waals surface area contributed by atoms with Crippen LogP contribution in [-0.4, -0.2) is 54.3 Å². The minimum Gasteiger partial charge on any atom is -0.496 e. The van der Waals surface area contributed by atoms with Gasteiger partial charge in [-0.25, -0.2) is 0 Å². The van der Waals surface area contributed by atoms with Crippen LogP contribution in [0.15, 0.2) is 79.0 Å². The maximum Gasteiger partial charge on any atom is 0.258 e. The molecule has 0 aliphatic rings. The molecule has 3 aromatic carbocycles. The van der Waals surface area contributed by atoms with Crippen molar-refractivity contribution in [1.82, 2.24) is 15.2 Å². The van der Waals surface area contributed by atoms with E-state index in [1.807, 2.05) is 54.7 Å². The summed E-state index contributed by atoms with van der Waals surface area (Å²) in [7, 11) is 1.60. The van der Waals surface area contributed by atoms with Crippen molar-refractivity contribution in [3.05, 3.63) is 95.7 Å². The Labute approximate surface area is 221 Å². The smallest absolute Gasteiger partial charge is 0.258 e. The summed E-state index contributed by atoms with van der Waals surface area (Å²) >= 11 is 0. The predicted octanol–water partition coefficient (Wildman–Crippen LogP) is 4.14. The SMILES string of the molecule is COc1ccccc1CN(CC(Cc1c[nH]c2ccccc12)NC(=O)COc1ccc(C=O)cc1)C(C)=O. The van der Waals surface area contributed by atoms with E-state index >= 15 is 0 Å². The molecule has 2 N–H and O–H groups in total. The van der Waals surface area contributed by atoms with Crippen LogP contribution in [0.1, 0.15) is 28.4 Å². The van der Waals surface area contributed by atoms with Crippen molar-refractivity contribution < 1.29 is 23.9 Å². The lowest BCUT2D eigenvalue weighted by Gasteiger charge is -2.28. The lowest BCUT2D eigenvalue weighted by molar-refractivity contribution is -0.131. The van der Waals surface area contributed by atoms with E-state index in [9.17, 15) is 14.4 Å². The number of aromatic amines is 1. The van der Waals surface area contributed by atoms with Gasteiger partial charge in [0.2, 0.25) is 5.91 Å². The van der Waals surface area contributed by atoms with Crippen LogP contribution >= 0.6 is 0 Å². The monoisotopic (exact) mass is 513 g/mol. The summed E-state index contributed by atoms with van der Waals surface area (Å²) in [4.78, 5) is 41.4. The number of hydrogen-bond donors (Lipinski definition) is 2. The highest BCUT2D eigenvalue weighted by molar-refractivity contribution is 5.83. The number of amides is 2. The van der Waals surface area contributed by atoms with Gasteiger partial charge in [-0.15, -0.1) is 0 Å². The van der Waals surface area contributed by atoms with Gasteiger partial charge in [0.15, 0.2) is 6.61 Å². The van der Waals surface area contributed by atoms with Crippen LogP contribution in [0, 0.1) is 0 Å². The summed E-state index contributed by atoms with van der Waals surface area (Å²) < 4.78 is 11.1. The van der Waals surface area contributed by atoms with Crippen LogP contribution < -0.4 is 14.8 Å². The van der Waals surface area contributed by atoms with Gasteiger partial charge in [0, 0.05) is 48.2 Å². The molecule has 0 aliphatic carbocycles. The first kappa shape index (κ1) is 26.5. The number of nitrogens with zero attached hydrogens (tertiary/aromatic N) is 1. The second-order valence-corrected chi connectivity index (χ2v) is 9.02. The number of aldehydes is 1. The molecule has 8 nitrogen and oxygen atoms in total. The molecule has 8 heteroatoms. The quantitative estimate of drug-likeness (QED) is 0.277. The lowest BCUT2D eigenvalue weighted by Crippen LogP contribution is -2.47. The van der Waals surface area contributed by atoms with E-state index in [1.165, 1.54) is 6.92 Å². The molecule has 196 valence electrons. The third kappa shape index (κ3) is 6.79. The highest BCUT2D eigenvalue weighted by Crippen LogP contribution is 2.22. The fraction of sp³-hybridized carbons (Fsp3) is 0.233. The molecular weight excluding hydrogens is 482 g/mol. The lowest BCUT2D eigenvalue weighted by atomic mass is 10.0. The van der Waals surface area contributed by atoms with Gasteiger partial charge in [-0.1, -0.05) is 36.4 Å². The Hall–Kier alpha value is -4.59. The molecule has 0 fully saturated rings. The number of fused-ring (bicyclic) bond motifs is 1. The minimum atomic E-state index is -0.374. The standard InChI is InChI=1S/C30H31N3O5/c1-21(35)33(17-23-7-3-6-10-29(23)37-2)18-25(15-24-16-31-28-9-5-4-8-27(24)28)32-30(36)20-38-26-13-11-22(19-34)12-14-26/h3-14,16,19,25,31H,15,17-18,20H2,1-2H3,(H,32,36). The van der Waals surface area contributed by atoms with Crippen LogP contribution in [0.4, 0.5) is 0 Å². The average molecular weight is 514 g/mol. The van der Waals surface area contributed by atoms with E-state index in [-0.39, 0.29) is 24.5 Å². The van der Waals surface area contributed by atoms with Gasteiger partial charge in [0.25, 0.3) is 5.91 Å². The second-order valence-electron chi connectivity index (χ2n) is 9.02. The first-order valence-corrected chi connectivity index (χ1v) is 12.4. The number of carbonyl (C=O) groups is 3. The number of H-pyrrole nitrogens is 1. The summed E-state index contributed by atoms with van der Waals surface area (Å²) in [6.45, 7) is 1.97. The molecule has 0 aliphatic heterocycles. The molecule has 0 saturated heterocycles. The fourth-order valence-corrected chi connectivity index (χ4v) is 4.40. The summed E-state index contributed by atoms with van der Waals surface area (Å²) in [6, 6.07) is 21.7. The van der Waals surface area contributed by atoms with Crippen molar-refractivity contribution in [3.63, 3.8) is 0 Å². The average Bonchev–Trinajstić information content (AvgIpc) is 3.34. The Balaban J connectivity index is 1.51. The van der Waals surface area contributed by atoms with Crippen LogP contribution in [0.2, 0.25) is 0 Å². The Kier molecular flexibility index (Phi) is 8.77. The second kappa shape index (κ2) is 12.6. The van der Waals surface area contributed by atoms with Crippen molar-refractivity contribution >= 4 is 29.0 Å². The van der Waals surface area contributed by atoms with Crippen molar-refractivity contribution in [2.45, 2.75) is 25.9 Å². The first-order valence-electron chi connectivity index (χ1n) is 12.4. The number of hydrogen-bond acceptors (Lipinski definition) is 5. The van der Waals surface area contributed by atoms with Gasteiger partial charge < -0.3 is 24.7 Å². The first-order chi connectivity index (χ1) is 18.5. The number of aromatic nitrogens is 1. The van der Waals surface area contributed by atoms with Crippen molar-refractivity contribution in [3.8, 4) is 11.5 Å². The number of carbonyl (C=O) groups excluding carboxylic acids is 3. The van der Waals surface area contributed by atoms with E-state index in [4.69, 9.17) is 9.47 Å². The largest absolute Gasteiger partial charge is 0.496 e. The Morgan fingerprint density at radius 2 is 1.74 bits per heavy atom. The third-order valence-electron chi connectivity index (χ3n) is 6.33. The van der Waals surface area contributed by atoms with Gasteiger partial charge in [-0.05, 0) is 48.4 Å². The molecule has 2 amide bonds. The van der Waals surface area contributed by atoms with Crippen molar-refractivity contribution in [2.75, 3.05) is 20.3 Å². The van der Waals surface area contributed by atoms with Gasteiger partial charge >= 0.3 is 0 Å². The van der Waals surface area contributed by atoms with Crippen LogP contribution in [-0.2, 0) is 22.6 Å². The highest BCUT2D eigenvalue weighted by Gasteiger charge is 2.22. The van der Waals surface area contributed by atoms with Crippen molar-refractivity contribution in [1.29, 1.82) is 0 Å². The Bertz CT molecular complexity index is 1400. The molecule has 0 bridgehead atoms. The molecule has 4 rings (SSSR count). The van der Waals surface area contributed by atoms with E-state index in [2.05, 4.69) is 10.3 Å². The molecule has 38 heavy (non-hydrogen) atoms. The van der Waals surface area contributed by atoms with E-state index in [1.54, 1.807) is 36.3 Å². The zero-order valence-corrected chi connectivity index (χ0v) is 21.5. The van der Waals surface area contributed by atoms with E-state index in [0.717, 1.165) is 28.3 Å². The molecular formula is C30H31N3O5. The van der Waals surface area contributed by atoms with Gasteiger partial charge in [-0.2, -0.15) is 0 Å². The number of para-hydroxylation sites is 2. The third-order valence-corrected chi connectivity index (χ3v) is 6.33. The zero-order valence-electron chi connectivity index (χ0n) is 21.5. The summed E-state index contributed by atoms with van der Waals surface area (Å²) in [5, 5.41) is 4.12. The minimum absolute atomic E-state index is 0.111. The molecule has 4 aromatic rings. The van der Waals surface area contributed by atoms with E-state index in [0.29, 0.717) is 36.6 Å². The molecule has 1 heterocycles. The maximum absolute atomic E-state index is 12.9. The number of rotatable bonds is 12. The number of ether oxygens (including phenoxy) is 2. The number of benzene rings is 3. The Morgan fingerprint density at radius 1 is 1.00 bits per heavy atom. The predicted molar refractivity (Wildman–Crippen MR) is 145 cm³/mol. The molecule has 1 unspecified atom stereocenters. The van der Waals surface area contributed by atoms with Gasteiger partial charge in [-0.3, -0.25) is 14.4 Å². The Morgan fingerprint density at radius 3 is 2.47 bits per heavy atom. The molecule has 1 aromatic heterocycles. The summed E-state index contributed by atoms with van der Waals surface area (Å²) in [5.74, 6) is 0.765. The van der Waals surface area contributed by atoms with E-state index < -0.39 is 0 Å². The van der Waals surface area contributed by atoms with Crippen molar-refractivity contribution in [2.24, 2.45) is 0 Å². The number of methoxy groups -OCH3 is 1. The van der Waals surface area contributed by atoms with Crippen LogP contribution in [0.25, 0.3) is 10.9 Å². The molecule has 0 saturated carbocycles. The molecule has 0 spiro atoms. The maximum atomic E-state index is 12.9. The normalized spacial score (nSPS) is 11.5. The fourth-order valence-electron chi connectivity index (χ4n) is 4.40. The summed E-state index contributed by atoms with van der Waals surface area (Å²) in [5.41, 5.74) is 3.45. The zero-order chi connectivity index (χ0) is 26.9. The summed E-state index contributed by atoms with van der Waals surface area (Å²) in [6.07, 6.45) is 3.20. The topological polar surface area (TPSA) is 101 Å². The van der Waals surface area contributed by atoms with Crippen LogP contribution in [0.5, 0.6) is 11.5 Å². The van der Waals surface area contributed by atoms with Gasteiger partial charge in [0.05, 0.1) is 13.2 Å². The van der Waals surface area contributed by atoms with Gasteiger partial charge in [0.1, 0.15) is 17.8 Å².